The van der Waals surface area contributed by atoms with Crippen molar-refractivity contribution in [3.05, 3.63) is 64.9 Å². The smallest absolute Gasteiger partial charge is 0.328 e. The lowest BCUT2D eigenvalue weighted by atomic mass is 10.0. The lowest BCUT2D eigenvalue weighted by Gasteiger charge is -2.39. The van der Waals surface area contributed by atoms with Crippen LogP contribution in [0.4, 0.5) is 15.4 Å². The summed E-state index contributed by atoms with van der Waals surface area (Å²) in [6, 6.07) is 11.9. The Hall–Kier alpha value is -4.72. The molecular formula is C26H27N7O4. The number of hydrogen-bond donors (Lipinski definition) is 3. The lowest BCUT2D eigenvalue weighted by molar-refractivity contribution is -0.123. The Morgan fingerprint density at radius 1 is 1.16 bits per heavy atom. The van der Waals surface area contributed by atoms with E-state index in [0.717, 1.165) is 18.4 Å². The number of piperidine rings is 1. The highest BCUT2D eigenvalue weighted by molar-refractivity contribution is 6.31. The Labute approximate surface area is 214 Å². The molecule has 11 nitrogen and oxygen atoms in total. The number of nitrogens with zero attached hydrogens (tertiary/aromatic N) is 4. The topological polar surface area (TPSA) is 148 Å². The first-order valence-corrected chi connectivity index (χ1v) is 12.0. The summed E-state index contributed by atoms with van der Waals surface area (Å²) in [5, 5.41) is 16.4. The Balaban J connectivity index is 1.45. The van der Waals surface area contributed by atoms with Crippen LogP contribution in [-0.2, 0) is 16.1 Å². The minimum absolute atomic E-state index is 0.00556. The molecule has 2 aliphatic rings. The van der Waals surface area contributed by atoms with E-state index in [4.69, 9.17) is 0 Å². The number of carbonyl (C=O) groups is 4. The summed E-state index contributed by atoms with van der Waals surface area (Å²) in [7, 11) is 0. The summed E-state index contributed by atoms with van der Waals surface area (Å²) < 4.78 is 0. The van der Waals surface area contributed by atoms with Gasteiger partial charge in [-0.15, -0.1) is 0 Å². The number of urea groups is 2. The zero-order chi connectivity index (χ0) is 26.4. The largest absolute Gasteiger partial charge is 0.355 e. The highest BCUT2D eigenvalue weighted by atomic mass is 16.2. The minimum Gasteiger partial charge on any atom is -0.355 e. The molecular weight excluding hydrogens is 474 g/mol. The highest BCUT2D eigenvalue weighted by Crippen LogP contribution is 2.25. The number of pyridine rings is 1. The number of imide groups is 2. The fourth-order valence-electron chi connectivity index (χ4n) is 4.43. The number of nitriles is 1. The molecule has 2 fully saturated rings. The first-order valence-electron chi connectivity index (χ1n) is 12.0. The number of barbiturate groups is 1. The number of anilines is 1. The van der Waals surface area contributed by atoms with Crippen molar-refractivity contribution in [2.75, 3.05) is 24.5 Å². The third kappa shape index (κ3) is 5.92. The number of nitrogens with one attached hydrogen (secondary N) is 3. The number of aromatic nitrogens is 1. The quantitative estimate of drug-likeness (QED) is 0.404. The van der Waals surface area contributed by atoms with Crippen molar-refractivity contribution in [3.63, 3.8) is 0 Å². The second kappa shape index (κ2) is 11.3. The maximum Gasteiger partial charge on any atom is 0.328 e. The molecule has 0 spiro atoms. The first kappa shape index (κ1) is 25.4. The van der Waals surface area contributed by atoms with Crippen LogP contribution in [0.25, 0.3) is 6.08 Å². The second-order valence-corrected chi connectivity index (χ2v) is 8.70. The van der Waals surface area contributed by atoms with Crippen molar-refractivity contribution in [1.29, 1.82) is 5.26 Å². The van der Waals surface area contributed by atoms with E-state index in [-0.39, 0.29) is 17.6 Å². The van der Waals surface area contributed by atoms with Crippen LogP contribution >= 0.6 is 0 Å². The monoisotopic (exact) mass is 501 g/mol. The van der Waals surface area contributed by atoms with Gasteiger partial charge in [0.2, 0.25) is 0 Å². The van der Waals surface area contributed by atoms with Crippen molar-refractivity contribution >= 4 is 35.8 Å². The normalized spacial score (nSPS) is 15.9. The van der Waals surface area contributed by atoms with Crippen LogP contribution in [0.15, 0.2) is 48.2 Å². The van der Waals surface area contributed by atoms with E-state index in [9.17, 15) is 24.4 Å². The van der Waals surface area contributed by atoms with E-state index in [1.54, 1.807) is 30.5 Å². The van der Waals surface area contributed by atoms with Gasteiger partial charge in [-0.05, 0) is 49.1 Å². The van der Waals surface area contributed by atoms with Gasteiger partial charge in [0.15, 0.2) is 0 Å². The predicted molar refractivity (Wildman–Crippen MR) is 135 cm³/mol. The summed E-state index contributed by atoms with van der Waals surface area (Å²) in [5.74, 6) is -0.833. The van der Waals surface area contributed by atoms with Crippen molar-refractivity contribution < 1.29 is 19.2 Å². The molecule has 11 heteroatoms. The molecule has 1 aromatic heterocycles. The van der Waals surface area contributed by atoms with Gasteiger partial charge in [-0.3, -0.25) is 20.2 Å². The molecule has 190 valence electrons. The Bertz CT molecular complexity index is 1250. The van der Waals surface area contributed by atoms with Gasteiger partial charge in [-0.25, -0.2) is 14.6 Å². The zero-order valence-corrected chi connectivity index (χ0v) is 20.4. The average molecular weight is 502 g/mol. The Morgan fingerprint density at radius 2 is 1.84 bits per heavy atom. The number of carbonyl (C=O) groups excluding carboxylic acids is 4. The zero-order valence-electron chi connectivity index (χ0n) is 20.4. The molecule has 0 atom stereocenters. The van der Waals surface area contributed by atoms with E-state index in [2.05, 4.69) is 21.3 Å². The van der Waals surface area contributed by atoms with Gasteiger partial charge in [-0.1, -0.05) is 24.3 Å². The standard InChI is InChI=1S/C26H27N7O4/c1-2-28-26(37)33(20-9-12-32(13-10-20)22-19(15-27)4-3-11-29-22)16-18-7-5-17(6-8-18)14-21-23(34)30-25(36)31-24(21)35/h3-8,11,14,20H,2,9-10,12-13,16H2,1H3,(H,28,37)(H2,30,31,34,35,36). The average Bonchev–Trinajstić information content (AvgIpc) is 2.90. The van der Waals surface area contributed by atoms with Crippen LogP contribution in [0.3, 0.4) is 0 Å². The van der Waals surface area contributed by atoms with Crippen molar-refractivity contribution in [2.45, 2.75) is 32.4 Å². The maximum atomic E-state index is 12.9. The van der Waals surface area contributed by atoms with Crippen LogP contribution in [0.5, 0.6) is 0 Å². The molecule has 3 N–H and O–H groups in total. The van der Waals surface area contributed by atoms with E-state index < -0.39 is 17.8 Å². The third-order valence-corrected chi connectivity index (χ3v) is 6.29. The second-order valence-electron chi connectivity index (χ2n) is 8.70. The summed E-state index contributed by atoms with van der Waals surface area (Å²) in [6.45, 7) is 4.11. The van der Waals surface area contributed by atoms with Gasteiger partial charge in [0, 0.05) is 38.4 Å². The van der Waals surface area contributed by atoms with Gasteiger partial charge < -0.3 is 15.1 Å². The maximum absolute atomic E-state index is 12.9. The van der Waals surface area contributed by atoms with Crippen LogP contribution in [-0.4, -0.2) is 59.4 Å². The molecule has 0 aliphatic carbocycles. The first-order chi connectivity index (χ1) is 17.9. The molecule has 0 radical (unpaired) electrons. The van der Waals surface area contributed by atoms with Crippen molar-refractivity contribution in [1.82, 2.24) is 25.8 Å². The molecule has 37 heavy (non-hydrogen) atoms. The predicted octanol–water partition coefficient (Wildman–Crippen LogP) is 1.90. The molecule has 3 heterocycles. The van der Waals surface area contributed by atoms with E-state index in [1.807, 2.05) is 34.6 Å². The van der Waals surface area contributed by atoms with Crippen LogP contribution < -0.4 is 20.9 Å². The summed E-state index contributed by atoms with van der Waals surface area (Å²) >= 11 is 0. The van der Waals surface area contributed by atoms with Gasteiger partial charge in [0.05, 0.1) is 5.56 Å². The van der Waals surface area contributed by atoms with Gasteiger partial charge in [0.1, 0.15) is 17.5 Å². The van der Waals surface area contributed by atoms with Crippen LogP contribution in [0.1, 0.15) is 36.5 Å². The van der Waals surface area contributed by atoms with Crippen molar-refractivity contribution in [3.8, 4) is 6.07 Å². The fraction of sp³-hybridized carbons (Fsp3) is 0.308. The van der Waals surface area contributed by atoms with Gasteiger partial charge >= 0.3 is 12.1 Å². The van der Waals surface area contributed by atoms with Gasteiger partial charge in [-0.2, -0.15) is 5.26 Å². The van der Waals surface area contributed by atoms with Crippen LogP contribution in [0, 0.1) is 11.3 Å². The lowest BCUT2D eigenvalue weighted by Crippen LogP contribution is -2.51. The van der Waals surface area contributed by atoms with Crippen LogP contribution in [0.2, 0.25) is 0 Å². The summed E-state index contributed by atoms with van der Waals surface area (Å²) in [5.41, 5.74) is 1.88. The third-order valence-electron chi connectivity index (χ3n) is 6.29. The Kier molecular flexibility index (Phi) is 7.78. The molecule has 0 unspecified atom stereocenters. The minimum atomic E-state index is -0.843. The molecule has 2 aromatic rings. The molecule has 0 saturated carbocycles. The summed E-state index contributed by atoms with van der Waals surface area (Å²) in [4.78, 5) is 56.4. The molecule has 2 aliphatic heterocycles. The number of benzene rings is 1. The van der Waals surface area contributed by atoms with E-state index in [1.165, 1.54) is 6.08 Å². The highest BCUT2D eigenvalue weighted by Gasteiger charge is 2.30. The Morgan fingerprint density at radius 3 is 2.46 bits per heavy atom. The summed E-state index contributed by atoms with van der Waals surface area (Å²) in [6.07, 6.45) is 4.54. The van der Waals surface area contributed by atoms with Gasteiger partial charge in [0.25, 0.3) is 11.8 Å². The number of rotatable bonds is 6. The number of hydrogen-bond acceptors (Lipinski definition) is 7. The van der Waals surface area contributed by atoms with E-state index >= 15 is 0 Å². The van der Waals surface area contributed by atoms with Crippen molar-refractivity contribution in [2.24, 2.45) is 0 Å². The van der Waals surface area contributed by atoms with E-state index in [0.29, 0.717) is 43.1 Å². The molecule has 4 rings (SSSR count). The fourth-order valence-corrected chi connectivity index (χ4v) is 4.43. The number of amides is 6. The molecule has 0 bridgehead atoms. The molecule has 1 aromatic carbocycles. The SMILES string of the molecule is CCNC(=O)N(Cc1ccc(C=C2C(=O)NC(=O)NC2=O)cc1)C1CCN(c2ncccc2C#N)CC1. The molecule has 2 saturated heterocycles. The molecule has 6 amide bonds.